The summed E-state index contributed by atoms with van der Waals surface area (Å²) in [7, 11) is 1.55. The molecule has 4 aromatic rings. The molecule has 4 N–H and O–H groups in total. The molecule has 0 heterocycles. The highest BCUT2D eigenvalue weighted by Crippen LogP contribution is 2.26. The number of rotatable bonds is 10. The van der Waals surface area contributed by atoms with Gasteiger partial charge in [0.1, 0.15) is 17.4 Å². The molecular formula is C39H44N4O6. The van der Waals surface area contributed by atoms with Crippen LogP contribution in [0.5, 0.6) is 5.75 Å². The molecule has 10 heteroatoms. The smallest absolute Gasteiger partial charge is 0.408 e. The maximum Gasteiger partial charge on any atom is 0.408 e. The molecule has 0 spiro atoms. The third-order valence-corrected chi connectivity index (χ3v) is 7.43. The van der Waals surface area contributed by atoms with Crippen molar-refractivity contribution in [3.63, 3.8) is 0 Å². The highest BCUT2D eigenvalue weighted by Gasteiger charge is 2.26. The summed E-state index contributed by atoms with van der Waals surface area (Å²) in [6.07, 6.45) is -0.540. The van der Waals surface area contributed by atoms with E-state index in [4.69, 9.17) is 9.47 Å². The molecule has 0 saturated heterocycles. The summed E-state index contributed by atoms with van der Waals surface area (Å²) in [5, 5.41) is 11.2. The number of anilines is 3. The third kappa shape index (κ3) is 10.7. The van der Waals surface area contributed by atoms with Crippen molar-refractivity contribution in [2.45, 2.75) is 65.0 Å². The van der Waals surface area contributed by atoms with Gasteiger partial charge in [-0.25, -0.2) is 4.79 Å². The van der Waals surface area contributed by atoms with Crippen molar-refractivity contribution in [2.24, 2.45) is 0 Å². The molecule has 0 aliphatic carbocycles. The zero-order chi connectivity index (χ0) is 35.8. The van der Waals surface area contributed by atoms with Crippen LogP contribution < -0.4 is 26.0 Å². The summed E-state index contributed by atoms with van der Waals surface area (Å²) in [6.45, 7) is 11.5. The van der Waals surface area contributed by atoms with Crippen molar-refractivity contribution >= 4 is 40.9 Å². The van der Waals surface area contributed by atoms with Crippen molar-refractivity contribution in [3.8, 4) is 5.75 Å². The lowest BCUT2D eigenvalue weighted by Crippen LogP contribution is -2.47. The predicted molar refractivity (Wildman–Crippen MR) is 192 cm³/mol. The van der Waals surface area contributed by atoms with E-state index in [1.165, 1.54) is 12.1 Å². The Morgan fingerprint density at radius 3 is 1.92 bits per heavy atom. The number of methoxy groups -OCH3 is 1. The lowest BCUT2D eigenvalue weighted by atomic mass is 9.86. The molecule has 4 amide bonds. The van der Waals surface area contributed by atoms with Crippen molar-refractivity contribution < 1.29 is 28.7 Å². The maximum atomic E-state index is 13.6. The number of amides is 4. The average molecular weight is 665 g/mol. The molecule has 0 radical (unpaired) electrons. The molecule has 4 rings (SSSR count). The van der Waals surface area contributed by atoms with Crippen LogP contribution in [0.15, 0.2) is 97.1 Å². The molecule has 0 fully saturated rings. The van der Waals surface area contributed by atoms with Gasteiger partial charge in [0.05, 0.1) is 18.4 Å². The summed E-state index contributed by atoms with van der Waals surface area (Å²) in [5.74, 6) is -0.790. The van der Waals surface area contributed by atoms with Crippen molar-refractivity contribution in [1.29, 1.82) is 0 Å². The van der Waals surface area contributed by atoms with Crippen LogP contribution in [0.4, 0.5) is 21.9 Å². The molecule has 0 aliphatic rings. The van der Waals surface area contributed by atoms with Gasteiger partial charge in [0.15, 0.2) is 0 Å². The van der Waals surface area contributed by atoms with Gasteiger partial charge in [0.25, 0.3) is 11.8 Å². The second-order valence-corrected chi connectivity index (χ2v) is 13.6. The van der Waals surface area contributed by atoms with Gasteiger partial charge in [0.2, 0.25) is 5.91 Å². The van der Waals surface area contributed by atoms with Gasteiger partial charge >= 0.3 is 6.09 Å². The third-order valence-electron chi connectivity index (χ3n) is 7.43. The highest BCUT2D eigenvalue weighted by molar-refractivity contribution is 6.13. The predicted octanol–water partition coefficient (Wildman–Crippen LogP) is 7.57. The zero-order valence-electron chi connectivity index (χ0n) is 29.0. The van der Waals surface area contributed by atoms with E-state index >= 15 is 0 Å². The molecule has 0 saturated carbocycles. The molecule has 10 nitrogen and oxygen atoms in total. The van der Waals surface area contributed by atoms with E-state index in [0.29, 0.717) is 22.7 Å². The van der Waals surface area contributed by atoms with Crippen LogP contribution in [0, 0.1) is 0 Å². The molecular weight excluding hydrogens is 620 g/mol. The van der Waals surface area contributed by atoms with E-state index in [2.05, 4.69) is 42.0 Å². The summed E-state index contributed by atoms with van der Waals surface area (Å²) in [4.78, 5) is 53.3. The van der Waals surface area contributed by atoms with E-state index in [1.807, 2.05) is 42.5 Å². The first-order valence-corrected chi connectivity index (χ1v) is 16.0. The Morgan fingerprint density at radius 2 is 1.33 bits per heavy atom. The second kappa shape index (κ2) is 15.5. The van der Waals surface area contributed by atoms with E-state index in [-0.39, 0.29) is 23.1 Å². The lowest BCUT2D eigenvalue weighted by molar-refractivity contribution is -0.118. The van der Waals surface area contributed by atoms with Gasteiger partial charge in [-0.2, -0.15) is 0 Å². The SMILES string of the molecule is COc1ccc(NC(=O)c2ccc(NC(=O)[C@H](Cc3ccccc3)NC(=O)OC(C)(C)C)cc2NC(=O)c2ccc(C(C)(C)C)cc2)cc1. The molecule has 49 heavy (non-hydrogen) atoms. The minimum absolute atomic E-state index is 0.0923. The van der Waals surface area contributed by atoms with Crippen LogP contribution in [-0.4, -0.2) is 42.6 Å². The lowest BCUT2D eigenvalue weighted by Gasteiger charge is -2.23. The van der Waals surface area contributed by atoms with E-state index in [9.17, 15) is 19.2 Å². The molecule has 256 valence electrons. The van der Waals surface area contributed by atoms with Crippen LogP contribution in [0.1, 0.15) is 73.4 Å². The van der Waals surface area contributed by atoms with Crippen LogP contribution in [-0.2, 0) is 21.4 Å². The van der Waals surface area contributed by atoms with E-state index in [0.717, 1.165) is 11.1 Å². The van der Waals surface area contributed by atoms with Crippen molar-refractivity contribution in [2.75, 3.05) is 23.1 Å². The van der Waals surface area contributed by atoms with Crippen molar-refractivity contribution in [3.05, 3.63) is 119 Å². The Kier molecular flexibility index (Phi) is 11.5. The van der Waals surface area contributed by atoms with Crippen LogP contribution in [0.25, 0.3) is 0 Å². The fraction of sp³-hybridized carbons (Fsp3) is 0.282. The first-order valence-electron chi connectivity index (χ1n) is 16.0. The maximum absolute atomic E-state index is 13.6. The van der Waals surface area contributed by atoms with Crippen LogP contribution >= 0.6 is 0 Å². The number of nitrogens with one attached hydrogen (secondary N) is 4. The molecule has 0 bridgehead atoms. The van der Waals surface area contributed by atoms with Gasteiger partial charge in [-0.3, -0.25) is 14.4 Å². The topological polar surface area (TPSA) is 135 Å². The first-order chi connectivity index (χ1) is 23.1. The number of ether oxygens (including phenoxy) is 2. The minimum atomic E-state index is -0.991. The quantitative estimate of drug-likeness (QED) is 0.138. The molecule has 0 aliphatic heterocycles. The molecule has 1 atom stereocenters. The Balaban J connectivity index is 1.63. The number of carbonyl (C=O) groups excluding carboxylic acids is 4. The largest absolute Gasteiger partial charge is 0.497 e. The van der Waals surface area contributed by atoms with Crippen LogP contribution in [0.3, 0.4) is 0 Å². The molecule has 4 aromatic carbocycles. The number of hydrogen-bond acceptors (Lipinski definition) is 6. The Hall–Kier alpha value is -5.64. The number of alkyl carbamates (subject to hydrolysis) is 1. The summed E-state index contributed by atoms with van der Waals surface area (Å²) < 4.78 is 10.6. The fourth-order valence-corrected chi connectivity index (χ4v) is 4.85. The fourth-order valence-electron chi connectivity index (χ4n) is 4.85. The standard InChI is InChI=1S/C39H44N4O6/c1-38(2,3)27-15-13-26(14-16-27)34(44)42-32-24-29(19-22-31(32)35(45)40-28-17-20-30(48-7)21-18-28)41-36(46)33(23-25-11-9-8-10-12-25)43-37(47)49-39(4,5)6/h8-22,24,33H,23H2,1-7H3,(H,40,45)(H,41,46)(H,42,44)(H,43,47)/t33-/m0/s1. The minimum Gasteiger partial charge on any atom is -0.497 e. The summed E-state index contributed by atoms with van der Waals surface area (Å²) >= 11 is 0. The van der Waals surface area contributed by atoms with E-state index < -0.39 is 35.5 Å². The summed E-state index contributed by atoms with van der Waals surface area (Å²) in [6, 6.07) is 26.9. The second-order valence-electron chi connectivity index (χ2n) is 13.6. The zero-order valence-corrected chi connectivity index (χ0v) is 29.0. The van der Waals surface area contributed by atoms with Gasteiger partial charge in [-0.05, 0) is 91.9 Å². The Labute approximate surface area is 287 Å². The van der Waals surface area contributed by atoms with Crippen LogP contribution in [0.2, 0.25) is 0 Å². The van der Waals surface area contributed by atoms with Gasteiger partial charge < -0.3 is 30.7 Å². The number of carbonyl (C=O) groups is 4. The number of benzene rings is 4. The van der Waals surface area contributed by atoms with Crippen molar-refractivity contribution in [1.82, 2.24) is 5.32 Å². The number of hydrogen-bond donors (Lipinski definition) is 4. The van der Waals surface area contributed by atoms with E-state index in [1.54, 1.807) is 70.3 Å². The molecule has 0 unspecified atom stereocenters. The first kappa shape index (κ1) is 36.2. The Morgan fingerprint density at radius 1 is 0.694 bits per heavy atom. The monoisotopic (exact) mass is 664 g/mol. The summed E-state index contributed by atoms with van der Waals surface area (Å²) in [5.41, 5.74) is 2.60. The van der Waals surface area contributed by atoms with Gasteiger partial charge in [0, 0.05) is 23.4 Å². The highest BCUT2D eigenvalue weighted by atomic mass is 16.6. The van der Waals surface area contributed by atoms with Gasteiger partial charge in [-0.15, -0.1) is 0 Å². The normalized spacial score (nSPS) is 11.9. The Bertz CT molecular complexity index is 1770. The average Bonchev–Trinajstić information content (AvgIpc) is 3.04. The van der Waals surface area contributed by atoms with Gasteiger partial charge in [-0.1, -0.05) is 63.2 Å². The molecule has 0 aromatic heterocycles.